The first-order chi connectivity index (χ1) is 8.02. The van der Waals surface area contributed by atoms with Crippen LogP contribution in [0.15, 0.2) is 18.2 Å². The Hall–Kier alpha value is -0.500. The van der Waals surface area contributed by atoms with Crippen LogP contribution in [0.3, 0.4) is 0 Å². The highest BCUT2D eigenvalue weighted by atomic mass is 79.9. The smallest absolute Gasteiger partial charge is 0.124 e. The summed E-state index contributed by atoms with van der Waals surface area (Å²) in [5, 5.41) is 0.935. The van der Waals surface area contributed by atoms with Crippen LogP contribution >= 0.6 is 15.9 Å². The molecule has 2 aliphatic rings. The molecule has 92 valence electrons. The first-order valence-corrected chi connectivity index (χ1v) is 7.50. The van der Waals surface area contributed by atoms with Gasteiger partial charge in [0.25, 0.3) is 0 Å². The quantitative estimate of drug-likeness (QED) is 0.705. The second-order valence-corrected chi connectivity index (χ2v) is 6.50. The summed E-state index contributed by atoms with van der Waals surface area (Å²) in [7, 11) is 0. The Balaban J connectivity index is 2.20. The Morgan fingerprint density at radius 3 is 2.88 bits per heavy atom. The topological polar surface area (TPSA) is 9.23 Å². The number of ether oxygens (including phenoxy) is 1. The fourth-order valence-corrected chi connectivity index (χ4v) is 4.49. The molecule has 0 radical (unpaired) electrons. The van der Waals surface area contributed by atoms with Gasteiger partial charge in [0.2, 0.25) is 0 Å². The standard InChI is InChI=1S/C15H19BrO/c1-10-4-5-12-13(8-10)17-15(9-16)7-6-14(12,3)11(15)2/h4-5,8,11H,6-7,9H2,1-3H3/t11-,14-,15-/m1/s1. The summed E-state index contributed by atoms with van der Waals surface area (Å²) in [6.07, 6.45) is 2.39. The van der Waals surface area contributed by atoms with Crippen LogP contribution in [0.25, 0.3) is 0 Å². The normalized spacial score (nSPS) is 38.7. The lowest BCUT2D eigenvalue weighted by molar-refractivity contribution is 0.0272. The molecule has 1 aliphatic carbocycles. The zero-order chi connectivity index (χ0) is 12.3. The third-order valence-corrected chi connectivity index (χ3v) is 6.05. The van der Waals surface area contributed by atoms with E-state index < -0.39 is 0 Å². The van der Waals surface area contributed by atoms with E-state index in [0.29, 0.717) is 5.92 Å². The summed E-state index contributed by atoms with van der Waals surface area (Å²) >= 11 is 3.66. The van der Waals surface area contributed by atoms with Gasteiger partial charge < -0.3 is 4.74 Å². The highest BCUT2D eigenvalue weighted by Crippen LogP contribution is 2.58. The number of rotatable bonds is 1. The van der Waals surface area contributed by atoms with E-state index in [-0.39, 0.29) is 11.0 Å². The van der Waals surface area contributed by atoms with Gasteiger partial charge in [0.05, 0.1) is 0 Å². The van der Waals surface area contributed by atoms with E-state index in [1.54, 1.807) is 0 Å². The summed E-state index contributed by atoms with van der Waals surface area (Å²) in [4.78, 5) is 0. The molecule has 1 heterocycles. The van der Waals surface area contributed by atoms with E-state index >= 15 is 0 Å². The molecule has 0 aromatic heterocycles. The van der Waals surface area contributed by atoms with Crippen molar-refractivity contribution in [2.45, 2.75) is 44.6 Å². The van der Waals surface area contributed by atoms with Crippen molar-refractivity contribution in [3.63, 3.8) is 0 Å². The molecule has 0 spiro atoms. The molecule has 0 N–H and O–H groups in total. The third kappa shape index (κ3) is 1.36. The van der Waals surface area contributed by atoms with Crippen LogP contribution in [0.1, 0.15) is 37.8 Å². The highest BCUT2D eigenvalue weighted by Gasteiger charge is 2.58. The second-order valence-electron chi connectivity index (χ2n) is 5.94. The summed E-state index contributed by atoms with van der Waals surface area (Å²) in [6.45, 7) is 6.88. The Bertz CT molecular complexity index is 470. The zero-order valence-electron chi connectivity index (χ0n) is 10.7. The molecule has 1 nitrogen and oxygen atoms in total. The molecule has 0 saturated heterocycles. The fraction of sp³-hybridized carbons (Fsp3) is 0.600. The maximum atomic E-state index is 6.37. The van der Waals surface area contributed by atoms with Crippen LogP contribution in [-0.2, 0) is 5.41 Å². The predicted molar refractivity (Wildman–Crippen MR) is 74.1 cm³/mol. The van der Waals surface area contributed by atoms with Crippen molar-refractivity contribution < 1.29 is 4.74 Å². The van der Waals surface area contributed by atoms with Crippen LogP contribution in [0.2, 0.25) is 0 Å². The van der Waals surface area contributed by atoms with Crippen LogP contribution in [0, 0.1) is 12.8 Å². The Morgan fingerprint density at radius 1 is 1.41 bits per heavy atom. The molecular formula is C15H19BrO. The van der Waals surface area contributed by atoms with Gasteiger partial charge in [0.1, 0.15) is 11.4 Å². The molecule has 0 unspecified atom stereocenters. The lowest BCUT2D eigenvalue weighted by atomic mass is 9.70. The van der Waals surface area contributed by atoms with Crippen LogP contribution in [0.4, 0.5) is 0 Å². The number of hydrogen-bond acceptors (Lipinski definition) is 1. The molecule has 1 fully saturated rings. The van der Waals surface area contributed by atoms with E-state index in [0.717, 1.165) is 17.5 Å². The van der Waals surface area contributed by atoms with E-state index in [9.17, 15) is 0 Å². The van der Waals surface area contributed by atoms with E-state index in [2.05, 4.69) is 54.9 Å². The molecule has 1 aromatic carbocycles. The summed E-state index contributed by atoms with van der Waals surface area (Å²) in [6, 6.07) is 6.67. The zero-order valence-corrected chi connectivity index (χ0v) is 12.3. The highest BCUT2D eigenvalue weighted by molar-refractivity contribution is 9.09. The maximum absolute atomic E-state index is 6.37. The molecule has 2 heteroatoms. The van der Waals surface area contributed by atoms with Crippen molar-refractivity contribution >= 4 is 15.9 Å². The lowest BCUT2D eigenvalue weighted by Crippen LogP contribution is -2.49. The van der Waals surface area contributed by atoms with E-state index in [4.69, 9.17) is 4.74 Å². The summed E-state index contributed by atoms with van der Waals surface area (Å²) in [5.74, 6) is 1.69. The predicted octanol–water partition coefficient (Wildman–Crippen LogP) is 4.21. The summed E-state index contributed by atoms with van der Waals surface area (Å²) in [5.41, 5.74) is 2.99. The Labute approximate surface area is 112 Å². The molecular weight excluding hydrogens is 276 g/mol. The van der Waals surface area contributed by atoms with Crippen molar-refractivity contribution in [3.8, 4) is 5.75 Å². The van der Waals surface area contributed by atoms with Gasteiger partial charge in [-0.15, -0.1) is 0 Å². The minimum atomic E-state index is 0.00947. The van der Waals surface area contributed by atoms with Gasteiger partial charge in [-0.25, -0.2) is 0 Å². The number of benzene rings is 1. The van der Waals surface area contributed by atoms with Gasteiger partial charge in [-0.1, -0.05) is 41.9 Å². The Kier molecular flexibility index (Phi) is 2.39. The van der Waals surface area contributed by atoms with Gasteiger partial charge in [0, 0.05) is 22.2 Å². The Morgan fingerprint density at radius 2 is 2.18 bits per heavy atom. The van der Waals surface area contributed by atoms with Crippen molar-refractivity contribution in [1.29, 1.82) is 0 Å². The van der Waals surface area contributed by atoms with Crippen molar-refractivity contribution in [3.05, 3.63) is 29.3 Å². The summed E-state index contributed by atoms with van der Waals surface area (Å²) < 4.78 is 6.37. The first kappa shape index (κ1) is 11.6. The number of alkyl halides is 1. The minimum absolute atomic E-state index is 0.00947. The van der Waals surface area contributed by atoms with E-state index in [1.165, 1.54) is 17.5 Å². The molecule has 1 saturated carbocycles. The monoisotopic (exact) mass is 294 g/mol. The lowest BCUT2D eigenvalue weighted by Gasteiger charge is -2.45. The second kappa shape index (κ2) is 3.50. The van der Waals surface area contributed by atoms with Crippen molar-refractivity contribution in [1.82, 2.24) is 0 Å². The number of hydrogen-bond donors (Lipinski definition) is 0. The average Bonchev–Trinajstić information content (AvgIpc) is 2.49. The molecule has 2 bridgehead atoms. The van der Waals surface area contributed by atoms with Gasteiger partial charge in [0.15, 0.2) is 0 Å². The fourth-order valence-electron chi connectivity index (χ4n) is 3.61. The van der Waals surface area contributed by atoms with E-state index in [1.807, 2.05) is 0 Å². The molecule has 1 aromatic rings. The molecule has 17 heavy (non-hydrogen) atoms. The molecule has 1 aliphatic heterocycles. The van der Waals surface area contributed by atoms with Gasteiger partial charge in [-0.05, 0) is 31.4 Å². The van der Waals surface area contributed by atoms with Gasteiger partial charge in [-0.3, -0.25) is 0 Å². The third-order valence-electron chi connectivity index (χ3n) is 5.10. The van der Waals surface area contributed by atoms with Crippen LogP contribution in [0.5, 0.6) is 5.75 Å². The van der Waals surface area contributed by atoms with Crippen LogP contribution < -0.4 is 4.74 Å². The number of fused-ring (bicyclic) bond motifs is 4. The number of aryl methyl sites for hydroxylation is 1. The molecule has 3 atom stereocenters. The van der Waals surface area contributed by atoms with Crippen LogP contribution in [-0.4, -0.2) is 10.9 Å². The van der Waals surface area contributed by atoms with Crippen molar-refractivity contribution in [2.75, 3.05) is 5.33 Å². The molecule has 0 amide bonds. The first-order valence-electron chi connectivity index (χ1n) is 6.38. The largest absolute Gasteiger partial charge is 0.486 e. The molecule has 3 rings (SSSR count). The van der Waals surface area contributed by atoms with Gasteiger partial charge >= 0.3 is 0 Å². The maximum Gasteiger partial charge on any atom is 0.124 e. The van der Waals surface area contributed by atoms with Gasteiger partial charge in [-0.2, -0.15) is 0 Å². The number of halogens is 1. The average molecular weight is 295 g/mol. The van der Waals surface area contributed by atoms with Crippen molar-refractivity contribution in [2.24, 2.45) is 5.92 Å². The minimum Gasteiger partial charge on any atom is -0.486 e. The SMILES string of the molecule is Cc1ccc2c(c1)O[C@@]1(CBr)CC[C@]2(C)[C@H]1C.